The van der Waals surface area contributed by atoms with E-state index in [-0.39, 0.29) is 0 Å². The molecule has 0 aliphatic carbocycles. The number of benzene rings is 2. The van der Waals surface area contributed by atoms with Crippen molar-refractivity contribution in [2.45, 2.75) is 33.6 Å². The van der Waals surface area contributed by atoms with Crippen LogP contribution in [0, 0.1) is 27.7 Å². The lowest BCUT2D eigenvalue weighted by molar-refractivity contribution is 1.21. The van der Waals surface area contributed by atoms with Crippen LogP contribution >= 0.6 is 11.6 Å². The summed E-state index contributed by atoms with van der Waals surface area (Å²) >= 11 is 6.13. The quantitative estimate of drug-likeness (QED) is 0.587. The molecule has 0 saturated carbocycles. The molecule has 100 valence electrons. The van der Waals surface area contributed by atoms with Crippen LogP contribution in [0.4, 0.5) is 0 Å². The third-order valence-corrected chi connectivity index (χ3v) is 5.38. The molecule has 2 rings (SSSR count). The Balaban J connectivity index is 2.80. The number of hydrogen-bond acceptors (Lipinski definition) is 0. The largest absolute Gasteiger partial charge is 0.122 e. The Morgan fingerprint density at radius 2 is 1.68 bits per heavy atom. The maximum Gasteiger partial charge on any atom is 0.0480 e. The minimum absolute atomic E-state index is 0.580. The first-order valence-electron chi connectivity index (χ1n) is 6.69. The van der Waals surface area contributed by atoms with E-state index < -0.39 is 0 Å². The van der Waals surface area contributed by atoms with Gasteiger partial charge >= 0.3 is 0 Å². The van der Waals surface area contributed by atoms with E-state index in [0.29, 0.717) is 5.88 Å². The predicted molar refractivity (Wildman–Crippen MR) is 90.0 cm³/mol. The van der Waals surface area contributed by atoms with Gasteiger partial charge in [-0.25, -0.2) is 0 Å². The van der Waals surface area contributed by atoms with Crippen molar-refractivity contribution >= 4 is 27.0 Å². The monoisotopic (exact) mass is 288 g/mol. The van der Waals surface area contributed by atoms with Crippen molar-refractivity contribution in [3.63, 3.8) is 0 Å². The van der Waals surface area contributed by atoms with E-state index in [1.54, 1.807) is 0 Å². The van der Waals surface area contributed by atoms with E-state index in [4.69, 9.17) is 11.6 Å². The lowest BCUT2D eigenvalue weighted by atomic mass is 9.89. The number of aryl methyl sites for hydroxylation is 1. The molecular weight excluding hydrogens is 268 g/mol. The van der Waals surface area contributed by atoms with Crippen LogP contribution in [-0.4, -0.2) is 10.2 Å². The highest BCUT2D eigenvalue weighted by Crippen LogP contribution is 2.31. The molecule has 0 unspecified atom stereocenters. The zero-order valence-corrected chi connectivity index (χ0v) is 15.2. The van der Waals surface area contributed by atoms with E-state index in [1.165, 1.54) is 44.1 Å². The molecule has 0 fully saturated rings. The molecule has 0 bridgehead atoms. The highest BCUT2D eigenvalue weighted by Gasteiger charge is 2.13. The Kier molecular flexibility index (Phi) is 4.17. The summed E-state index contributed by atoms with van der Waals surface area (Å²) in [6, 6.07) is 8.81. The molecule has 0 aromatic heterocycles. The van der Waals surface area contributed by atoms with E-state index in [0.717, 1.165) is 10.2 Å². The van der Waals surface area contributed by atoms with Gasteiger partial charge in [0.25, 0.3) is 0 Å². The number of halogens is 1. The number of alkyl halides is 1. The summed E-state index contributed by atoms with van der Waals surface area (Å²) in [5.74, 6) is 0.580. The average molecular weight is 289 g/mol. The Hall–Kier alpha value is -1.05. The Morgan fingerprint density at radius 1 is 1.00 bits per heavy atom. The summed E-state index contributed by atoms with van der Waals surface area (Å²) in [6.07, 6.45) is 0. The van der Waals surface area contributed by atoms with Crippen LogP contribution in [0.2, 0.25) is 0 Å². The number of hydrogen-bond donors (Lipinski definition) is 0. The normalized spacial score (nSPS) is 11.0. The van der Waals surface area contributed by atoms with Crippen molar-refractivity contribution in [3.8, 4) is 11.1 Å². The second-order valence-electron chi connectivity index (χ2n) is 5.36. The van der Waals surface area contributed by atoms with Gasteiger partial charge < -0.3 is 0 Å². The minimum atomic E-state index is 0.580. The Labute approximate surface area is 124 Å². The van der Waals surface area contributed by atoms with Gasteiger partial charge in [-0.1, -0.05) is 29.5 Å². The van der Waals surface area contributed by atoms with Crippen LogP contribution in [0.25, 0.3) is 11.1 Å². The highest BCUT2D eigenvalue weighted by molar-refractivity contribution is 6.36. The second-order valence-corrected chi connectivity index (χ2v) is 6.70. The summed E-state index contributed by atoms with van der Waals surface area (Å²) in [7, 11) is 1.05. The molecule has 0 atom stereocenters. The third kappa shape index (κ3) is 2.50. The van der Waals surface area contributed by atoms with Gasteiger partial charge in [-0.05, 0) is 66.6 Å². The van der Waals surface area contributed by atoms with E-state index >= 15 is 0 Å². The van der Waals surface area contributed by atoms with Crippen LogP contribution < -0.4 is 5.19 Å². The fraction of sp³-hybridized carbons (Fsp3) is 0.294. The maximum absolute atomic E-state index is 6.13. The molecule has 0 N–H and O–H groups in total. The van der Waals surface area contributed by atoms with Gasteiger partial charge in [0.2, 0.25) is 0 Å². The van der Waals surface area contributed by atoms with E-state index in [2.05, 4.69) is 52.0 Å². The van der Waals surface area contributed by atoms with Crippen molar-refractivity contribution in [1.82, 2.24) is 0 Å². The van der Waals surface area contributed by atoms with E-state index in [1.807, 2.05) is 0 Å². The van der Waals surface area contributed by atoms with Crippen LogP contribution in [0.1, 0.15) is 27.8 Å². The van der Waals surface area contributed by atoms with Crippen molar-refractivity contribution < 1.29 is 0 Å². The van der Waals surface area contributed by atoms with Crippen molar-refractivity contribution in [2.24, 2.45) is 0 Å². The fourth-order valence-electron chi connectivity index (χ4n) is 2.70. The van der Waals surface area contributed by atoms with Crippen LogP contribution in [0.5, 0.6) is 0 Å². The van der Waals surface area contributed by atoms with Crippen LogP contribution in [0.3, 0.4) is 0 Å². The molecular formula is C17H21ClSi. The van der Waals surface area contributed by atoms with Gasteiger partial charge in [-0.3, -0.25) is 0 Å². The van der Waals surface area contributed by atoms with Crippen molar-refractivity contribution in [1.29, 1.82) is 0 Å². The first-order chi connectivity index (χ1) is 8.97. The van der Waals surface area contributed by atoms with Gasteiger partial charge in [0, 0.05) is 16.1 Å². The Bertz CT molecular complexity index is 630. The smallest absolute Gasteiger partial charge is 0.0480 e. The lowest BCUT2D eigenvalue weighted by Gasteiger charge is -2.18. The molecule has 0 aliphatic heterocycles. The lowest BCUT2D eigenvalue weighted by Crippen LogP contribution is -2.10. The summed E-state index contributed by atoms with van der Waals surface area (Å²) in [5.41, 5.74) is 9.54. The second kappa shape index (κ2) is 5.52. The molecule has 2 aromatic carbocycles. The molecule has 2 aromatic rings. The Morgan fingerprint density at radius 3 is 2.32 bits per heavy atom. The van der Waals surface area contributed by atoms with Crippen LogP contribution in [-0.2, 0) is 5.88 Å². The maximum atomic E-state index is 6.13. The molecule has 0 spiro atoms. The first-order valence-corrected chi connectivity index (χ1v) is 8.23. The van der Waals surface area contributed by atoms with Gasteiger partial charge in [-0.2, -0.15) is 0 Å². The highest BCUT2D eigenvalue weighted by atomic mass is 35.5. The zero-order valence-electron chi connectivity index (χ0n) is 12.4. The first kappa shape index (κ1) is 14.4. The van der Waals surface area contributed by atoms with E-state index in [9.17, 15) is 0 Å². The number of rotatable bonds is 2. The SMILES string of the molecule is Cc1cc(-c2c([SiH3])cccc2CCl)c(C)c(C)c1C. The third-order valence-electron chi connectivity index (χ3n) is 4.25. The van der Waals surface area contributed by atoms with Crippen LogP contribution in [0.15, 0.2) is 24.3 Å². The average Bonchev–Trinajstić information content (AvgIpc) is 2.40. The van der Waals surface area contributed by atoms with Gasteiger partial charge in [-0.15, -0.1) is 11.6 Å². The van der Waals surface area contributed by atoms with Gasteiger partial charge in [0.1, 0.15) is 0 Å². The summed E-state index contributed by atoms with van der Waals surface area (Å²) in [5, 5.41) is 1.43. The molecule has 0 aliphatic rings. The summed E-state index contributed by atoms with van der Waals surface area (Å²) in [4.78, 5) is 0. The molecule has 0 saturated heterocycles. The van der Waals surface area contributed by atoms with Crippen molar-refractivity contribution in [2.75, 3.05) is 0 Å². The van der Waals surface area contributed by atoms with Gasteiger partial charge in [0.15, 0.2) is 0 Å². The molecule has 0 radical (unpaired) electrons. The molecule has 19 heavy (non-hydrogen) atoms. The predicted octanol–water partition coefficient (Wildman–Crippen LogP) is 3.32. The topological polar surface area (TPSA) is 0 Å². The molecule has 2 heteroatoms. The molecule has 0 nitrogen and oxygen atoms in total. The minimum Gasteiger partial charge on any atom is -0.122 e. The summed E-state index contributed by atoms with van der Waals surface area (Å²) in [6.45, 7) is 8.85. The standard InChI is InChI=1S/C17H21ClSi/c1-10-8-15(13(4)12(3)11(10)2)17-14(9-18)6-5-7-16(17)19/h5-8H,9H2,1-4,19H3. The molecule has 0 amide bonds. The van der Waals surface area contributed by atoms with Gasteiger partial charge in [0.05, 0.1) is 0 Å². The summed E-state index contributed by atoms with van der Waals surface area (Å²) < 4.78 is 0. The fourth-order valence-corrected chi connectivity index (χ4v) is 3.70. The zero-order chi connectivity index (χ0) is 14.2. The molecule has 0 heterocycles. The van der Waals surface area contributed by atoms with Crippen molar-refractivity contribution in [3.05, 3.63) is 52.1 Å².